The molecule has 0 aromatic heterocycles. The molecule has 74 heavy (non-hydrogen) atoms. The number of benzene rings is 1. The summed E-state index contributed by atoms with van der Waals surface area (Å²) < 4.78 is 126. The molecule has 426 valence electrons. The van der Waals surface area contributed by atoms with Gasteiger partial charge in [0.2, 0.25) is 11.8 Å². The van der Waals surface area contributed by atoms with Crippen molar-refractivity contribution in [2.75, 3.05) is 99.8 Å². The molecule has 2 amide bonds. The van der Waals surface area contributed by atoms with E-state index in [1.807, 2.05) is 43.5 Å². The van der Waals surface area contributed by atoms with Crippen LogP contribution in [0.3, 0.4) is 0 Å². The summed E-state index contributed by atoms with van der Waals surface area (Å²) in [5.74, 6) is -0.394. The van der Waals surface area contributed by atoms with E-state index in [9.17, 15) is 71.4 Å². The molecule has 8 unspecified atom stereocenters. The molecular formula is C36H67BN4O27P6. The third-order valence-corrected chi connectivity index (χ3v) is 18.4. The molecule has 38 heteroatoms. The number of nitrogens with one attached hydrogen (secondary N) is 4. The predicted octanol–water partition coefficient (Wildman–Crippen LogP) is 1.66. The van der Waals surface area contributed by atoms with Gasteiger partial charge < -0.3 is 79.4 Å². The van der Waals surface area contributed by atoms with E-state index in [4.69, 9.17) is 31.5 Å². The van der Waals surface area contributed by atoms with Crippen molar-refractivity contribution >= 4 is 72.7 Å². The van der Waals surface area contributed by atoms with Crippen LogP contribution in [0.5, 0.6) is 0 Å². The molecule has 1 aromatic rings. The maximum absolute atomic E-state index is 12.6. The lowest BCUT2D eigenvalue weighted by atomic mass is 9.96. The number of aliphatic hydroxyl groups excluding tert-OH is 1. The van der Waals surface area contributed by atoms with Crippen molar-refractivity contribution in [3.05, 3.63) is 41.5 Å². The van der Waals surface area contributed by atoms with E-state index >= 15 is 0 Å². The molecule has 31 nitrogen and oxygen atoms in total. The van der Waals surface area contributed by atoms with Gasteiger partial charge in [-0.3, -0.25) is 18.6 Å². The highest BCUT2D eigenvalue weighted by molar-refractivity contribution is 7.72. The third-order valence-electron chi connectivity index (χ3n) is 9.19. The summed E-state index contributed by atoms with van der Waals surface area (Å²) in [4.78, 5) is 82.6. The summed E-state index contributed by atoms with van der Waals surface area (Å²) >= 11 is 0. The Morgan fingerprint density at radius 3 is 1.68 bits per heavy atom. The smallest absolute Gasteiger partial charge is 0.390 e. The highest BCUT2D eigenvalue weighted by Crippen LogP contribution is 2.75. The zero-order chi connectivity index (χ0) is 55.3. The van der Waals surface area contributed by atoms with Crippen LogP contribution in [-0.4, -0.2) is 178 Å². The van der Waals surface area contributed by atoms with Crippen molar-refractivity contribution in [2.24, 2.45) is 0 Å². The Labute approximate surface area is 429 Å². The predicted molar refractivity (Wildman–Crippen MR) is 260 cm³/mol. The topological polar surface area (TPSA) is 437 Å². The fourth-order valence-corrected chi connectivity index (χ4v) is 13.7. The number of phosphoric ester groups is 2. The zero-order valence-electron chi connectivity index (χ0n) is 40.5. The number of amides is 2. The lowest BCUT2D eigenvalue weighted by Gasteiger charge is -2.21. The molecule has 10 atom stereocenters. The quantitative estimate of drug-likeness (QED) is 0.0252. The molecule has 0 saturated carbocycles. The molecule has 1 saturated heterocycles. The Bertz CT molecular complexity index is 2150. The second-order valence-corrected chi connectivity index (χ2v) is 24.8. The van der Waals surface area contributed by atoms with E-state index in [0.29, 0.717) is 65.3 Å². The normalized spacial score (nSPS) is 21.4. The Balaban J connectivity index is 1.46. The Morgan fingerprint density at radius 2 is 1.16 bits per heavy atom. The zero-order valence-corrected chi connectivity index (χ0v) is 45.8. The fourth-order valence-electron chi connectivity index (χ4n) is 5.85. The minimum absolute atomic E-state index is 0.0649. The molecule has 11 N–H and O–H groups in total. The summed E-state index contributed by atoms with van der Waals surface area (Å²) in [6.07, 6.45) is 3.37. The van der Waals surface area contributed by atoms with Crippen LogP contribution < -0.4 is 21.3 Å². The van der Waals surface area contributed by atoms with Crippen molar-refractivity contribution in [1.82, 2.24) is 21.3 Å². The van der Waals surface area contributed by atoms with Crippen LogP contribution >= 0.6 is 46.9 Å². The van der Waals surface area contributed by atoms with Gasteiger partial charge in [-0.2, -0.15) is 21.6 Å². The van der Waals surface area contributed by atoms with Gasteiger partial charge >= 0.3 is 46.9 Å². The van der Waals surface area contributed by atoms with Gasteiger partial charge in [-0.1, -0.05) is 49.3 Å². The average molecular weight is 1180 g/mol. The molecule has 1 aliphatic rings. The minimum atomic E-state index is -6.43. The standard InChI is InChI=1S/C36H67BN4O27P6/c1-38-14-7-8-29-9-11-30(12-10-29)26-31(39-2)36(44)41-16-19-58-21-23-60-25-24-59-22-20-57-18-13-35(43)40-15-5-3-4-6-17-61-69(45,46)64-71(49,50)66-73(53,54)68-74(55,56)67-72(51,52)65-70(47,48)62-28-33-32(42)27-34(37)63-33/h7-12,31-34,38-39,42H,3-6,13-28H2,1-2H3,(H,40,43)(H,41,44)(H,45,46)(H,47,48)(H,49,50)(H,51,52)(H,53,54)(H,55,56)/t31?,32?,33-,34-/m1/s1. The maximum Gasteiger partial charge on any atom is 0.490 e. The second kappa shape index (κ2) is 35.2. The summed E-state index contributed by atoms with van der Waals surface area (Å²) in [5.41, 5.74) is 2.13. The number of carbonyl (C=O) groups is 2. The van der Waals surface area contributed by atoms with Crippen LogP contribution in [0.2, 0.25) is 0 Å². The first-order chi connectivity index (χ1) is 34.7. The number of rotatable bonds is 43. The first-order valence-corrected chi connectivity index (χ1v) is 31.5. The highest BCUT2D eigenvalue weighted by atomic mass is 31.3. The molecule has 1 aliphatic heterocycles. The average Bonchev–Trinajstić information content (AvgIpc) is 3.61. The second-order valence-electron chi connectivity index (χ2n) is 15.4. The van der Waals surface area contributed by atoms with Gasteiger partial charge in [-0.25, -0.2) is 27.4 Å². The first-order valence-electron chi connectivity index (χ1n) is 22.5. The molecular weight excluding hydrogens is 1120 g/mol. The molecule has 1 fully saturated rings. The van der Waals surface area contributed by atoms with E-state index in [1.54, 1.807) is 7.05 Å². The number of phosphoric acid groups is 6. The van der Waals surface area contributed by atoms with Crippen LogP contribution in [0.25, 0.3) is 6.08 Å². The van der Waals surface area contributed by atoms with Crippen molar-refractivity contribution in [3.8, 4) is 0 Å². The molecule has 2 radical (unpaired) electrons. The fraction of sp³-hybridized carbons (Fsp3) is 0.722. The van der Waals surface area contributed by atoms with Gasteiger partial charge in [0, 0.05) is 32.1 Å². The van der Waals surface area contributed by atoms with E-state index in [-0.39, 0.29) is 63.5 Å². The summed E-state index contributed by atoms with van der Waals surface area (Å²) in [7, 11) is -27.5. The molecule has 0 bridgehead atoms. The minimum Gasteiger partial charge on any atom is -0.390 e. The number of hydrogen-bond acceptors (Lipinski definition) is 23. The van der Waals surface area contributed by atoms with E-state index in [1.165, 1.54) is 0 Å². The SMILES string of the molecule is [B][C@H]1CC(O)[C@@H](COP(=O)(O)OP(=O)(O)OP(=O)(O)OP(=O)(O)OP(=O)(O)OP(=O)(O)OCCCCCCNC(=O)CCOCCOCCOCCOCCNC(=O)C(Cc2ccc(C=CCNC)cc2)NC)O1. The van der Waals surface area contributed by atoms with Crippen LogP contribution in [0.15, 0.2) is 30.3 Å². The molecule has 1 heterocycles. The molecule has 0 spiro atoms. The van der Waals surface area contributed by atoms with Crippen molar-refractivity contribution in [2.45, 2.75) is 69.2 Å². The van der Waals surface area contributed by atoms with Gasteiger partial charge in [0.05, 0.1) is 78.2 Å². The van der Waals surface area contributed by atoms with E-state index < -0.39 is 78.4 Å². The number of aliphatic hydroxyl groups is 1. The van der Waals surface area contributed by atoms with Crippen molar-refractivity contribution in [1.29, 1.82) is 0 Å². The van der Waals surface area contributed by atoms with Crippen molar-refractivity contribution < 1.29 is 126 Å². The highest BCUT2D eigenvalue weighted by Gasteiger charge is 2.50. The summed E-state index contributed by atoms with van der Waals surface area (Å²) in [6, 6.07) is 6.68. The monoisotopic (exact) mass is 1180 g/mol. The molecule has 0 aliphatic carbocycles. The number of hydrogen-bond donors (Lipinski definition) is 11. The Hall–Kier alpha value is -1.50. The Kier molecular flexibility index (Phi) is 32.6. The summed E-state index contributed by atoms with van der Waals surface area (Å²) in [5, 5.41) is 21.4. The first kappa shape index (κ1) is 68.6. The number of likely N-dealkylation sites (N-methyl/N-ethyl adjacent to an activating group) is 2. The number of unbranched alkanes of at least 4 members (excludes halogenated alkanes) is 3. The van der Waals surface area contributed by atoms with Crippen LogP contribution in [0, 0.1) is 0 Å². The maximum atomic E-state index is 12.6. The molecule has 1 aromatic carbocycles. The lowest BCUT2D eigenvalue weighted by molar-refractivity contribution is -0.123. The number of carbonyl (C=O) groups excluding carboxylic acids is 2. The van der Waals surface area contributed by atoms with Crippen LogP contribution in [0.1, 0.15) is 49.7 Å². The van der Waals surface area contributed by atoms with Gasteiger partial charge in [0.25, 0.3) is 0 Å². The summed E-state index contributed by atoms with van der Waals surface area (Å²) in [6.45, 7) is 2.23. The third kappa shape index (κ3) is 33.1. The van der Waals surface area contributed by atoms with Gasteiger partial charge in [-0.15, -0.1) is 0 Å². The van der Waals surface area contributed by atoms with E-state index in [0.717, 1.165) is 17.7 Å². The largest absolute Gasteiger partial charge is 0.490 e. The van der Waals surface area contributed by atoms with Gasteiger partial charge in [0.1, 0.15) is 14.0 Å². The van der Waals surface area contributed by atoms with Crippen LogP contribution in [-0.2, 0) is 97.7 Å². The van der Waals surface area contributed by atoms with Crippen molar-refractivity contribution in [3.63, 3.8) is 0 Å². The molecule has 2 rings (SSSR count). The van der Waals surface area contributed by atoms with Gasteiger partial charge in [-0.05, 0) is 50.9 Å². The van der Waals surface area contributed by atoms with Crippen LogP contribution in [0.4, 0.5) is 0 Å². The number of ether oxygens (including phenoxy) is 5. The lowest BCUT2D eigenvalue weighted by Crippen LogP contribution is -2.45. The van der Waals surface area contributed by atoms with Gasteiger partial charge in [0.15, 0.2) is 0 Å². The Morgan fingerprint density at radius 1 is 0.662 bits per heavy atom. The van der Waals surface area contributed by atoms with E-state index in [2.05, 4.69) is 51.9 Å².